The molecule has 35 heavy (non-hydrogen) atoms. The van der Waals surface area contributed by atoms with E-state index in [0.717, 1.165) is 11.1 Å². The summed E-state index contributed by atoms with van der Waals surface area (Å²) in [6, 6.07) is 15.5. The van der Waals surface area contributed by atoms with Crippen LogP contribution in [0.4, 0.5) is 0 Å². The molecular weight excluding hydrogens is 498 g/mol. The third-order valence-electron chi connectivity index (χ3n) is 6.09. The van der Waals surface area contributed by atoms with E-state index in [1.54, 1.807) is 30.3 Å². The number of carbonyl (C=O) groups is 2. The fourth-order valence-electron chi connectivity index (χ4n) is 4.11. The molecule has 0 spiro atoms. The first-order valence-electron chi connectivity index (χ1n) is 11.7. The van der Waals surface area contributed by atoms with E-state index in [2.05, 4.69) is 53.7 Å². The van der Waals surface area contributed by atoms with Crippen LogP contribution < -0.4 is 5.30 Å². The van der Waals surface area contributed by atoms with Crippen LogP contribution in [-0.4, -0.2) is 11.3 Å². The zero-order valence-electron chi connectivity index (χ0n) is 20.9. The molecule has 0 fully saturated rings. The number of rotatable bonds is 8. The maximum atomic E-state index is 14.1. The fourth-order valence-corrected chi connectivity index (χ4v) is 6.09. The van der Waals surface area contributed by atoms with E-state index in [-0.39, 0.29) is 44.1 Å². The first kappa shape index (κ1) is 27.3. The topological polar surface area (TPSA) is 51.2 Å². The lowest BCUT2D eigenvalue weighted by molar-refractivity contribution is 0.103. The molecule has 0 saturated heterocycles. The summed E-state index contributed by atoms with van der Waals surface area (Å²) in [6.45, 7) is 12.5. The molecule has 3 rings (SSSR count). The standard InChI is InChI=1S/C29H30Cl2O3P/c1-16(2)19-14-21(17(3)4)26(22(15-19)18(5)6)28(32)20-10-7-8-13-25(20)35(34)29(33)27-23(30)11-9-12-24(27)31/h7-18H,1-6H3. The summed E-state index contributed by atoms with van der Waals surface area (Å²) < 4.78 is 13.5. The van der Waals surface area contributed by atoms with Crippen LogP contribution >= 0.6 is 31.0 Å². The highest BCUT2D eigenvalue weighted by Crippen LogP contribution is 2.37. The van der Waals surface area contributed by atoms with Gasteiger partial charge < -0.3 is 0 Å². The molecule has 6 heteroatoms. The summed E-state index contributed by atoms with van der Waals surface area (Å²) >= 11 is 12.4. The molecule has 0 aliphatic heterocycles. The van der Waals surface area contributed by atoms with Crippen LogP contribution in [0.2, 0.25) is 10.0 Å². The molecular formula is C29H30Cl2O3P. The first-order valence-corrected chi connectivity index (χ1v) is 13.7. The minimum absolute atomic E-state index is 0.00576. The number of halogens is 2. The van der Waals surface area contributed by atoms with Crippen molar-refractivity contribution in [1.29, 1.82) is 0 Å². The predicted octanol–water partition coefficient (Wildman–Crippen LogP) is 8.89. The fraction of sp³-hybridized carbons (Fsp3) is 0.310. The molecule has 1 unspecified atom stereocenters. The summed E-state index contributed by atoms with van der Waals surface area (Å²) in [5, 5.41) is 0.442. The second-order valence-corrected chi connectivity index (χ2v) is 11.9. The van der Waals surface area contributed by atoms with Gasteiger partial charge in [0.15, 0.2) is 13.6 Å². The predicted molar refractivity (Wildman–Crippen MR) is 147 cm³/mol. The molecule has 183 valence electrons. The van der Waals surface area contributed by atoms with Gasteiger partial charge in [-0.2, -0.15) is 0 Å². The van der Waals surface area contributed by atoms with E-state index in [1.807, 2.05) is 0 Å². The zero-order valence-corrected chi connectivity index (χ0v) is 23.3. The molecule has 0 aliphatic rings. The maximum Gasteiger partial charge on any atom is 0.249 e. The van der Waals surface area contributed by atoms with Gasteiger partial charge in [0, 0.05) is 11.1 Å². The van der Waals surface area contributed by atoms with Crippen molar-refractivity contribution < 1.29 is 14.2 Å². The Labute approximate surface area is 218 Å². The third-order valence-corrected chi connectivity index (χ3v) is 8.14. The summed E-state index contributed by atoms with van der Waals surface area (Å²) in [5.41, 5.74) is 3.28. The van der Waals surface area contributed by atoms with E-state index >= 15 is 0 Å². The summed E-state index contributed by atoms with van der Waals surface area (Å²) in [4.78, 5) is 27.3. The van der Waals surface area contributed by atoms with Gasteiger partial charge in [-0.1, -0.05) is 95.1 Å². The number of hydrogen-bond acceptors (Lipinski definition) is 3. The molecule has 3 aromatic carbocycles. The highest BCUT2D eigenvalue weighted by molar-refractivity contribution is 7.71. The lowest BCUT2D eigenvalue weighted by Gasteiger charge is -2.22. The molecule has 3 aromatic rings. The lowest BCUT2D eigenvalue weighted by Crippen LogP contribution is -2.19. The first-order chi connectivity index (χ1) is 16.5. The lowest BCUT2D eigenvalue weighted by atomic mass is 9.81. The van der Waals surface area contributed by atoms with E-state index in [1.165, 1.54) is 17.7 Å². The van der Waals surface area contributed by atoms with Crippen molar-refractivity contribution in [2.45, 2.75) is 59.3 Å². The molecule has 0 bridgehead atoms. The zero-order chi connectivity index (χ0) is 26.0. The minimum Gasteiger partial charge on any atom is -0.289 e. The second-order valence-electron chi connectivity index (χ2n) is 9.58. The van der Waals surface area contributed by atoms with Crippen molar-refractivity contribution in [3.05, 3.63) is 98.0 Å². The molecule has 1 radical (unpaired) electrons. The van der Waals surface area contributed by atoms with Crippen LogP contribution in [0.3, 0.4) is 0 Å². The Hall–Kier alpha value is -2.32. The van der Waals surface area contributed by atoms with Crippen molar-refractivity contribution in [2.24, 2.45) is 0 Å². The van der Waals surface area contributed by atoms with Crippen LogP contribution in [0.15, 0.2) is 54.6 Å². The van der Waals surface area contributed by atoms with E-state index in [4.69, 9.17) is 23.2 Å². The van der Waals surface area contributed by atoms with Gasteiger partial charge in [-0.25, -0.2) is 0 Å². The van der Waals surface area contributed by atoms with Gasteiger partial charge >= 0.3 is 0 Å². The Balaban J connectivity index is 2.20. The van der Waals surface area contributed by atoms with Gasteiger partial charge in [0.05, 0.1) is 20.9 Å². The monoisotopic (exact) mass is 527 g/mol. The number of carbonyl (C=O) groups excluding carboxylic acids is 2. The highest BCUT2D eigenvalue weighted by Gasteiger charge is 2.29. The van der Waals surface area contributed by atoms with Crippen LogP contribution in [0.1, 0.15) is 102 Å². The van der Waals surface area contributed by atoms with Gasteiger partial charge in [0.1, 0.15) is 0 Å². The van der Waals surface area contributed by atoms with Crippen LogP contribution in [0, 0.1) is 0 Å². The average molecular weight is 528 g/mol. The van der Waals surface area contributed by atoms with Crippen LogP contribution in [0.5, 0.6) is 0 Å². The van der Waals surface area contributed by atoms with E-state index < -0.39 is 13.3 Å². The summed E-state index contributed by atoms with van der Waals surface area (Å²) in [5.74, 6) is 0.294. The molecule has 0 aromatic heterocycles. The van der Waals surface area contributed by atoms with E-state index in [0.29, 0.717) is 11.5 Å². The molecule has 3 nitrogen and oxygen atoms in total. The van der Waals surface area contributed by atoms with Crippen molar-refractivity contribution in [3.8, 4) is 0 Å². The van der Waals surface area contributed by atoms with Crippen LogP contribution in [-0.2, 0) is 4.57 Å². The Morgan fingerprint density at radius 1 is 0.714 bits per heavy atom. The molecule has 0 saturated carbocycles. The Kier molecular flexibility index (Phi) is 8.70. The molecule has 0 aliphatic carbocycles. The second kappa shape index (κ2) is 11.2. The van der Waals surface area contributed by atoms with Crippen molar-refractivity contribution >= 4 is 47.6 Å². The smallest absolute Gasteiger partial charge is 0.249 e. The van der Waals surface area contributed by atoms with E-state index in [9.17, 15) is 14.2 Å². The number of benzene rings is 3. The van der Waals surface area contributed by atoms with Gasteiger partial charge in [-0.05, 0) is 58.7 Å². The van der Waals surface area contributed by atoms with Gasteiger partial charge in [-0.3, -0.25) is 14.2 Å². The quantitative estimate of drug-likeness (QED) is 0.217. The van der Waals surface area contributed by atoms with Crippen molar-refractivity contribution in [2.75, 3.05) is 0 Å². The Bertz CT molecular complexity index is 1260. The van der Waals surface area contributed by atoms with Crippen molar-refractivity contribution in [1.82, 2.24) is 0 Å². The number of hydrogen-bond donors (Lipinski definition) is 0. The van der Waals surface area contributed by atoms with Crippen LogP contribution in [0.25, 0.3) is 0 Å². The highest BCUT2D eigenvalue weighted by atomic mass is 35.5. The Morgan fingerprint density at radius 3 is 1.71 bits per heavy atom. The molecule has 0 heterocycles. The van der Waals surface area contributed by atoms with Gasteiger partial charge in [0.25, 0.3) is 0 Å². The summed E-state index contributed by atoms with van der Waals surface area (Å²) in [7, 11) is -2.63. The maximum absolute atomic E-state index is 14.1. The minimum atomic E-state index is -2.63. The normalized spacial score (nSPS) is 11.9. The SMILES string of the molecule is CC(C)c1cc(C(C)C)c(C(=O)c2ccccc2[P](=O)C(=O)c2c(Cl)cccc2Cl)c(C(C)C)c1. The molecule has 1 atom stereocenters. The van der Waals surface area contributed by atoms with Crippen molar-refractivity contribution in [3.63, 3.8) is 0 Å². The number of ketones is 1. The molecule has 0 N–H and O–H groups in total. The third kappa shape index (κ3) is 5.59. The Morgan fingerprint density at radius 2 is 1.23 bits per heavy atom. The molecule has 0 amide bonds. The average Bonchev–Trinajstić information content (AvgIpc) is 2.81. The van der Waals surface area contributed by atoms with Gasteiger partial charge in [0.2, 0.25) is 5.52 Å². The largest absolute Gasteiger partial charge is 0.289 e. The van der Waals surface area contributed by atoms with Gasteiger partial charge in [-0.15, -0.1) is 0 Å². The summed E-state index contributed by atoms with van der Waals surface area (Å²) in [6.07, 6.45) is 0.